The molecule has 0 unspecified atom stereocenters. The van der Waals surface area contributed by atoms with E-state index in [2.05, 4.69) is 38.1 Å². The lowest BCUT2D eigenvalue weighted by atomic mass is 10.1. The van der Waals surface area contributed by atoms with Crippen molar-refractivity contribution < 1.29 is 9.53 Å². The van der Waals surface area contributed by atoms with E-state index in [9.17, 15) is 10.1 Å². The Morgan fingerprint density at radius 2 is 1.95 bits per heavy atom. The third-order valence-corrected chi connectivity index (χ3v) is 6.45. The number of fused-ring (bicyclic) bond motifs is 1. The average molecular weight is 540 g/mol. The second kappa shape index (κ2) is 11.8. The van der Waals surface area contributed by atoms with E-state index in [-0.39, 0.29) is 5.91 Å². The normalized spacial score (nSPS) is 10.8. The Balaban J connectivity index is 1.73. The van der Waals surface area contributed by atoms with Gasteiger partial charge in [0.15, 0.2) is 0 Å². The van der Waals surface area contributed by atoms with Gasteiger partial charge in [0, 0.05) is 45.6 Å². The molecule has 0 aliphatic carbocycles. The molecule has 0 fully saturated rings. The quantitative estimate of drug-likeness (QED) is 0.287. The number of carbonyl (C=O) groups excluding carboxylic acids is 1. The molecule has 0 bridgehead atoms. The maximum atomic E-state index is 12.3. The van der Waals surface area contributed by atoms with Crippen LogP contribution in [-0.2, 0) is 11.8 Å². The Kier molecular flexibility index (Phi) is 8.31. The lowest BCUT2D eigenvalue weighted by Gasteiger charge is -2.26. The van der Waals surface area contributed by atoms with Gasteiger partial charge in [-0.15, -0.1) is 0 Å². The van der Waals surface area contributed by atoms with Gasteiger partial charge < -0.3 is 29.7 Å². The summed E-state index contributed by atoms with van der Waals surface area (Å²) in [5, 5.41) is 15.9. The molecule has 0 atom stereocenters. The summed E-state index contributed by atoms with van der Waals surface area (Å²) in [7, 11) is 9.44. The minimum atomic E-state index is -0.331. The zero-order valence-corrected chi connectivity index (χ0v) is 23.6. The first-order chi connectivity index (χ1) is 19.1. The molecule has 0 aliphatic heterocycles. The second-order valence-electron chi connectivity index (χ2n) is 9.67. The van der Waals surface area contributed by atoms with Crippen LogP contribution in [-0.4, -0.2) is 71.7 Å². The molecular formula is C29H33N9O2. The van der Waals surface area contributed by atoms with Gasteiger partial charge in [-0.05, 0) is 50.9 Å². The summed E-state index contributed by atoms with van der Waals surface area (Å²) in [4.78, 5) is 30.2. The number of hydrogen-bond donors (Lipinski definition) is 2. The van der Waals surface area contributed by atoms with Crippen molar-refractivity contribution in [3.8, 4) is 23.2 Å². The Morgan fingerprint density at radius 1 is 1.18 bits per heavy atom. The SMILES string of the molecule is C=CC(=O)Nc1cc(Nc2nccc(-c3cc(C#N)c4c(n3)c(C)cn4C)n2)c(OC)cc1N(C)CCN(C)C. The number of carbonyl (C=O) groups is 1. The van der Waals surface area contributed by atoms with Crippen molar-refractivity contribution in [2.45, 2.75) is 6.92 Å². The monoisotopic (exact) mass is 539 g/mol. The van der Waals surface area contributed by atoms with Crippen molar-refractivity contribution >= 4 is 40.0 Å². The molecule has 40 heavy (non-hydrogen) atoms. The number of nitrogens with one attached hydrogen (secondary N) is 2. The molecule has 0 saturated heterocycles. The highest BCUT2D eigenvalue weighted by atomic mass is 16.5. The van der Waals surface area contributed by atoms with Crippen molar-refractivity contribution in [3.63, 3.8) is 0 Å². The molecule has 0 spiro atoms. The van der Waals surface area contributed by atoms with Gasteiger partial charge in [0.1, 0.15) is 11.8 Å². The summed E-state index contributed by atoms with van der Waals surface area (Å²) in [6.45, 7) is 7.09. The lowest BCUT2D eigenvalue weighted by Crippen LogP contribution is -2.29. The van der Waals surface area contributed by atoms with Gasteiger partial charge in [-0.1, -0.05) is 6.58 Å². The van der Waals surface area contributed by atoms with E-state index in [1.54, 1.807) is 31.5 Å². The van der Waals surface area contributed by atoms with Crippen LogP contribution in [0.4, 0.5) is 23.0 Å². The fraction of sp³-hybridized carbons (Fsp3) is 0.276. The van der Waals surface area contributed by atoms with E-state index in [1.807, 2.05) is 56.8 Å². The zero-order valence-electron chi connectivity index (χ0n) is 23.6. The molecule has 11 nitrogen and oxygen atoms in total. The number of aryl methyl sites for hydroxylation is 2. The van der Waals surface area contributed by atoms with Crippen LogP contribution in [0, 0.1) is 18.3 Å². The topological polar surface area (TPSA) is 124 Å². The smallest absolute Gasteiger partial charge is 0.247 e. The minimum absolute atomic E-state index is 0.302. The largest absolute Gasteiger partial charge is 0.494 e. The van der Waals surface area contributed by atoms with E-state index >= 15 is 0 Å². The van der Waals surface area contributed by atoms with Crippen LogP contribution >= 0.6 is 0 Å². The first kappa shape index (κ1) is 28.1. The molecule has 3 aromatic heterocycles. The number of amides is 1. The van der Waals surface area contributed by atoms with Gasteiger partial charge >= 0.3 is 0 Å². The summed E-state index contributed by atoms with van der Waals surface area (Å²) >= 11 is 0. The van der Waals surface area contributed by atoms with Crippen LogP contribution in [0.2, 0.25) is 0 Å². The number of benzene rings is 1. The van der Waals surface area contributed by atoms with Gasteiger partial charge in [0.05, 0.1) is 52.2 Å². The third-order valence-electron chi connectivity index (χ3n) is 6.45. The van der Waals surface area contributed by atoms with E-state index in [0.717, 1.165) is 35.4 Å². The maximum absolute atomic E-state index is 12.3. The Labute approximate surface area is 233 Å². The van der Waals surface area contributed by atoms with E-state index in [1.165, 1.54) is 6.08 Å². The standard InChI is InChI=1S/C29H33N9O2/c1-8-26(39)32-22-14-23(25(40-7)15-24(22)37(5)12-11-36(3)4)35-29-31-10-9-20(34-29)21-13-19(16-30)28-27(33-21)18(2)17-38(28)6/h8-10,13-15,17H,1,11-12H2,2-7H3,(H,32,39)(H,31,34,35). The number of rotatable bonds is 10. The molecule has 3 heterocycles. The fourth-order valence-corrected chi connectivity index (χ4v) is 4.39. The summed E-state index contributed by atoms with van der Waals surface area (Å²) in [5.41, 5.74) is 6.06. The van der Waals surface area contributed by atoms with E-state index < -0.39 is 0 Å². The van der Waals surface area contributed by atoms with Gasteiger partial charge in [-0.25, -0.2) is 15.0 Å². The molecule has 1 amide bonds. The zero-order chi connectivity index (χ0) is 29.0. The summed E-state index contributed by atoms with van der Waals surface area (Å²) in [6.07, 6.45) is 4.80. The van der Waals surface area contributed by atoms with Gasteiger partial charge in [-0.2, -0.15) is 5.26 Å². The summed E-state index contributed by atoms with van der Waals surface area (Å²) in [5.74, 6) is 0.516. The molecule has 0 radical (unpaired) electrons. The molecule has 4 aromatic rings. The maximum Gasteiger partial charge on any atom is 0.247 e. The molecule has 4 rings (SSSR count). The number of anilines is 4. The molecule has 0 saturated carbocycles. The highest BCUT2D eigenvalue weighted by Crippen LogP contribution is 2.38. The van der Waals surface area contributed by atoms with Crippen molar-refractivity contribution in [1.82, 2.24) is 24.4 Å². The fourth-order valence-electron chi connectivity index (χ4n) is 4.39. The Bertz CT molecular complexity index is 1620. The highest BCUT2D eigenvalue weighted by Gasteiger charge is 2.18. The third kappa shape index (κ3) is 5.87. The number of nitrogens with zero attached hydrogens (tertiary/aromatic N) is 7. The molecular weight excluding hydrogens is 506 g/mol. The average Bonchev–Trinajstić information content (AvgIpc) is 3.24. The Morgan fingerprint density at radius 3 is 2.62 bits per heavy atom. The van der Waals surface area contributed by atoms with Crippen LogP contribution in [0.1, 0.15) is 11.1 Å². The molecule has 206 valence electrons. The summed E-state index contributed by atoms with van der Waals surface area (Å²) in [6, 6.07) is 9.39. The van der Waals surface area contributed by atoms with Crippen LogP contribution in [0.5, 0.6) is 5.75 Å². The number of aromatic nitrogens is 4. The first-order valence-electron chi connectivity index (χ1n) is 12.6. The number of methoxy groups -OCH3 is 1. The van der Waals surface area contributed by atoms with Crippen molar-refractivity contribution in [1.29, 1.82) is 5.26 Å². The van der Waals surface area contributed by atoms with E-state index in [4.69, 9.17) is 9.72 Å². The van der Waals surface area contributed by atoms with Gasteiger partial charge in [0.2, 0.25) is 11.9 Å². The number of likely N-dealkylation sites (N-methyl/N-ethyl adjacent to an activating group) is 2. The van der Waals surface area contributed by atoms with Crippen molar-refractivity contribution in [3.05, 3.63) is 60.4 Å². The lowest BCUT2D eigenvalue weighted by molar-refractivity contribution is -0.111. The number of nitriles is 1. The predicted molar refractivity (Wildman–Crippen MR) is 158 cm³/mol. The van der Waals surface area contributed by atoms with Crippen molar-refractivity contribution in [2.24, 2.45) is 7.05 Å². The van der Waals surface area contributed by atoms with Gasteiger partial charge in [0.25, 0.3) is 0 Å². The molecule has 2 N–H and O–H groups in total. The minimum Gasteiger partial charge on any atom is -0.494 e. The molecule has 0 aliphatic rings. The first-order valence-corrected chi connectivity index (χ1v) is 12.6. The number of pyridine rings is 1. The van der Waals surface area contributed by atoms with Crippen LogP contribution < -0.4 is 20.3 Å². The molecule has 1 aromatic carbocycles. The Hall–Kier alpha value is -4.95. The van der Waals surface area contributed by atoms with Crippen molar-refractivity contribution in [2.75, 3.05) is 56.9 Å². The van der Waals surface area contributed by atoms with Crippen LogP contribution in [0.3, 0.4) is 0 Å². The van der Waals surface area contributed by atoms with Crippen LogP contribution in [0.15, 0.2) is 49.3 Å². The number of ether oxygens (including phenoxy) is 1. The van der Waals surface area contributed by atoms with Gasteiger partial charge in [-0.3, -0.25) is 4.79 Å². The highest BCUT2D eigenvalue weighted by molar-refractivity contribution is 6.02. The predicted octanol–water partition coefficient (Wildman–Crippen LogP) is 4.08. The summed E-state index contributed by atoms with van der Waals surface area (Å²) < 4.78 is 7.60. The second-order valence-corrected chi connectivity index (χ2v) is 9.67. The van der Waals surface area contributed by atoms with Crippen LogP contribution in [0.25, 0.3) is 22.4 Å². The van der Waals surface area contributed by atoms with E-state index in [0.29, 0.717) is 40.0 Å². The number of hydrogen-bond acceptors (Lipinski definition) is 9. The molecule has 11 heteroatoms.